The molecule has 1 heterocycles. The van der Waals surface area contributed by atoms with Crippen molar-refractivity contribution in [2.45, 2.75) is 26.4 Å². The van der Waals surface area contributed by atoms with Gasteiger partial charge in [0.05, 0.1) is 11.0 Å². The van der Waals surface area contributed by atoms with Crippen LogP contribution in [0.3, 0.4) is 0 Å². The number of carbonyl (C=O) groups excluding carboxylic acids is 1. The van der Waals surface area contributed by atoms with E-state index in [1.165, 1.54) is 12.1 Å². The molecular weight excluding hydrogens is 253 g/mol. The van der Waals surface area contributed by atoms with E-state index < -0.39 is 0 Å². The fourth-order valence-corrected chi connectivity index (χ4v) is 2.07. The monoisotopic (exact) mass is 267 g/mol. The van der Waals surface area contributed by atoms with Crippen LogP contribution in [0, 0.1) is 10.6 Å². The smallest absolute Gasteiger partial charge is 0.240 e. The standard InChI is InChI=1S/C12H14FN3OS/c1-7(2)14-11(17)6-16-10-5-8(13)3-4-9(10)15-12(16)18/h3-5,7H,6H2,1-2H3,(H,14,17)(H,15,18). The third kappa shape index (κ3) is 2.59. The second-order valence-corrected chi connectivity index (χ2v) is 4.79. The summed E-state index contributed by atoms with van der Waals surface area (Å²) >= 11 is 5.13. The molecule has 96 valence electrons. The highest BCUT2D eigenvalue weighted by molar-refractivity contribution is 7.71. The highest BCUT2D eigenvalue weighted by Gasteiger charge is 2.10. The summed E-state index contributed by atoms with van der Waals surface area (Å²) in [5, 5.41) is 2.77. The van der Waals surface area contributed by atoms with E-state index in [4.69, 9.17) is 12.2 Å². The average Bonchev–Trinajstić information content (AvgIpc) is 2.55. The van der Waals surface area contributed by atoms with Crippen LogP contribution in [0.15, 0.2) is 18.2 Å². The summed E-state index contributed by atoms with van der Waals surface area (Å²) in [6, 6.07) is 4.39. The van der Waals surface area contributed by atoms with Gasteiger partial charge in [0.15, 0.2) is 4.77 Å². The van der Waals surface area contributed by atoms with E-state index in [0.717, 1.165) is 5.52 Å². The molecule has 0 radical (unpaired) electrons. The van der Waals surface area contributed by atoms with Gasteiger partial charge in [-0.3, -0.25) is 4.79 Å². The summed E-state index contributed by atoms with van der Waals surface area (Å²) in [4.78, 5) is 14.7. The predicted octanol–water partition coefficient (Wildman–Crippen LogP) is 2.36. The van der Waals surface area contributed by atoms with Crippen LogP contribution in [-0.4, -0.2) is 21.5 Å². The van der Waals surface area contributed by atoms with Crippen LogP contribution in [-0.2, 0) is 11.3 Å². The lowest BCUT2D eigenvalue weighted by atomic mass is 10.3. The van der Waals surface area contributed by atoms with Crippen molar-refractivity contribution < 1.29 is 9.18 Å². The summed E-state index contributed by atoms with van der Waals surface area (Å²) < 4.78 is 15.2. The SMILES string of the molecule is CC(C)NC(=O)Cn1c(=S)[nH]c2ccc(F)cc21. The van der Waals surface area contributed by atoms with Crippen molar-refractivity contribution in [3.05, 3.63) is 28.8 Å². The van der Waals surface area contributed by atoms with Crippen LogP contribution in [0.5, 0.6) is 0 Å². The van der Waals surface area contributed by atoms with Gasteiger partial charge in [-0.1, -0.05) is 0 Å². The van der Waals surface area contributed by atoms with Gasteiger partial charge in [-0.25, -0.2) is 4.39 Å². The number of benzene rings is 1. The van der Waals surface area contributed by atoms with E-state index in [2.05, 4.69) is 10.3 Å². The second kappa shape index (κ2) is 4.89. The van der Waals surface area contributed by atoms with Crippen LogP contribution in [0.1, 0.15) is 13.8 Å². The van der Waals surface area contributed by atoms with Gasteiger partial charge in [0, 0.05) is 6.04 Å². The molecule has 0 unspecified atom stereocenters. The molecule has 2 rings (SSSR count). The van der Waals surface area contributed by atoms with Crippen molar-refractivity contribution in [2.24, 2.45) is 0 Å². The Labute approximate surface area is 109 Å². The number of halogens is 1. The molecule has 2 aromatic rings. The van der Waals surface area contributed by atoms with E-state index in [9.17, 15) is 9.18 Å². The predicted molar refractivity (Wildman–Crippen MR) is 70.4 cm³/mol. The Morgan fingerprint density at radius 3 is 2.94 bits per heavy atom. The Bertz CT molecular complexity index is 644. The number of nitrogens with zero attached hydrogens (tertiary/aromatic N) is 1. The summed E-state index contributed by atoms with van der Waals surface area (Å²) in [5.41, 5.74) is 1.32. The molecule has 0 saturated carbocycles. The molecule has 0 aliphatic carbocycles. The van der Waals surface area contributed by atoms with Crippen LogP contribution >= 0.6 is 12.2 Å². The summed E-state index contributed by atoms with van der Waals surface area (Å²) in [5.74, 6) is -0.499. The van der Waals surface area contributed by atoms with E-state index in [-0.39, 0.29) is 24.3 Å². The first-order valence-corrected chi connectivity index (χ1v) is 6.05. The quantitative estimate of drug-likeness (QED) is 0.839. The first-order chi connectivity index (χ1) is 8.47. The molecule has 0 aliphatic heterocycles. The van der Waals surface area contributed by atoms with Gasteiger partial charge in [0.1, 0.15) is 12.4 Å². The maximum Gasteiger partial charge on any atom is 0.240 e. The molecule has 0 aliphatic rings. The van der Waals surface area contributed by atoms with Gasteiger partial charge in [0.2, 0.25) is 5.91 Å². The lowest BCUT2D eigenvalue weighted by molar-refractivity contribution is -0.122. The topological polar surface area (TPSA) is 49.8 Å². The van der Waals surface area contributed by atoms with Crippen molar-refractivity contribution in [3.8, 4) is 0 Å². The highest BCUT2D eigenvalue weighted by atomic mass is 32.1. The fraction of sp³-hybridized carbons (Fsp3) is 0.333. The first-order valence-electron chi connectivity index (χ1n) is 5.65. The van der Waals surface area contributed by atoms with E-state index in [1.54, 1.807) is 10.6 Å². The van der Waals surface area contributed by atoms with Crippen molar-refractivity contribution in [3.63, 3.8) is 0 Å². The Balaban J connectivity index is 2.38. The summed E-state index contributed by atoms with van der Waals surface area (Å²) in [6.07, 6.45) is 0. The minimum absolute atomic E-state index is 0.0635. The molecule has 0 fully saturated rings. The lowest BCUT2D eigenvalue weighted by Crippen LogP contribution is -2.33. The number of rotatable bonds is 3. The minimum Gasteiger partial charge on any atom is -0.352 e. The van der Waals surface area contributed by atoms with Crippen LogP contribution in [0.2, 0.25) is 0 Å². The lowest BCUT2D eigenvalue weighted by Gasteiger charge is -2.09. The third-order valence-electron chi connectivity index (χ3n) is 2.49. The molecular formula is C12H14FN3OS. The molecule has 6 heteroatoms. The highest BCUT2D eigenvalue weighted by Crippen LogP contribution is 2.15. The average molecular weight is 267 g/mol. The number of hydrogen-bond donors (Lipinski definition) is 2. The van der Waals surface area contributed by atoms with Crippen LogP contribution in [0.4, 0.5) is 4.39 Å². The number of fused-ring (bicyclic) bond motifs is 1. The molecule has 0 spiro atoms. The Morgan fingerprint density at radius 2 is 2.28 bits per heavy atom. The number of imidazole rings is 1. The number of carbonyl (C=O) groups is 1. The van der Waals surface area contributed by atoms with E-state index in [0.29, 0.717) is 10.3 Å². The number of nitrogens with one attached hydrogen (secondary N) is 2. The fourth-order valence-electron chi connectivity index (χ4n) is 1.79. The second-order valence-electron chi connectivity index (χ2n) is 4.40. The van der Waals surface area contributed by atoms with Crippen molar-refractivity contribution >= 4 is 29.2 Å². The van der Waals surface area contributed by atoms with Crippen LogP contribution < -0.4 is 5.32 Å². The zero-order valence-corrected chi connectivity index (χ0v) is 11.0. The number of H-pyrrole nitrogens is 1. The van der Waals surface area contributed by atoms with E-state index >= 15 is 0 Å². The number of hydrogen-bond acceptors (Lipinski definition) is 2. The minimum atomic E-state index is -0.352. The molecule has 0 atom stereocenters. The largest absolute Gasteiger partial charge is 0.352 e. The van der Waals surface area contributed by atoms with Crippen molar-refractivity contribution in [1.82, 2.24) is 14.9 Å². The maximum atomic E-state index is 13.2. The van der Waals surface area contributed by atoms with Gasteiger partial charge < -0.3 is 14.9 Å². The molecule has 1 aromatic heterocycles. The zero-order chi connectivity index (χ0) is 13.3. The maximum absolute atomic E-state index is 13.2. The van der Waals surface area contributed by atoms with Gasteiger partial charge >= 0.3 is 0 Å². The van der Waals surface area contributed by atoms with Crippen molar-refractivity contribution in [2.75, 3.05) is 0 Å². The molecule has 0 bridgehead atoms. The Morgan fingerprint density at radius 1 is 1.56 bits per heavy atom. The molecule has 2 N–H and O–H groups in total. The molecule has 1 amide bonds. The molecule has 18 heavy (non-hydrogen) atoms. The first kappa shape index (κ1) is 12.8. The number of aromatic amines is 1. The van der Waals surface area contributed by atoms with E-state index in [1.807, 2.05) is 13.8 Å². The van der Waals surface area contributed by atoms with Crippen molar-refractivity contribution in [1.29, 1.82) is 0 Å². The third-order valence-corrected chi connectivity index (χ3v) is 2.81. The Kier molecular flexibility index (Phi) is 3.47. The number of amides is 1. The number of aromatic nitrogens is 2. The molecule has 1 aromatic carbocycles. The van der Waals surface area contributed by atoms with Gasteiger partial charge in [0.25, 0.3) is 0 Å². The van der Waals surface area contributed by atoms with Gasteiger partial charge in [-0.15, -0.1) is 0 Å². The zero-order valence-electron chi connectivity index (χ0n) is 10.2. The summed E-state index contributed by atoms with van der Waals surface area (Å²) in [6.45, 7) is 3.85. The normalized spacial score (nSPS) is 11.1. The summed E-state index contributed by atoms with van der Waals surface area (Å²) in [7, 11) is 0. The van der Waals surface area contributed by atoms with Gasteiger partial charge in [-0.2, -0.15) is 0 Å². The molecule has 0 saturated heterocycles. The van der Waals surface area contributed by atoms with Gasteiger partial charge in [-0.05, 0) is 44.3 Å². The van der Waals surface area contributed by atoms with Crippen LogP contribution in [0.25, 0.3) is 11.0 Å². The molecule has 4 nitrogen and oxygen atoms in total. The Hall–Kier alpha value is -1.69.